The number of aliphatic carboxylic acids is 1. The van der Waals surface area contributed by atoms with Crippen LogP contribution in [0.3, 0.4) is 0 Å². The largest absolute Gasteiger partial charge is 0.481 e. The van der Waals surface area contributed by atoms with Gasteiger partial charge >= 0.3 is 18.2 Å². The van der Waals surface area contributed by atoms with Crippen LogP contribution in [0.4, 0.5) is 9.59 Å². The second-order valence-electron chi connectivity index (χ2n) is 12.0. The van der Waals surface area contributed by atoms with Gasteiger partial charge in [0.25, 0.3) is 0 Å². The van der Waals surface area contributed by atoms with E-state index < -0.39 is 17.2 Å². The van der Waals surface area contributed by atoms with Gasteiger partial charge in [0.1, 0.15) is 11.2 Å². The fraction of sp³-hybridized carbons (Fsp3) is 0.885. The number of hydrogen-bond donors (Lipinski definition) is 1. The third-order valence-corrected chi connectivity index (χ3v) is 6.73. The van der Waals surface area contributed by atoms with Gasteiger partial charge in [0.05, 0.1) is 5.92 Å². The van der Waals surface area contributed by atoms with E-state index in [1.807, 2.05) is 41.5 Å². The number of nitrogens with zero attached hydrogens (tertiary/aromatic N) is 2. The van der Waals surface area contributed by atoms with Crippen molar-refractivity contribution < 1.29 is 29.0 Å². The van der Waals surface area contributed by atoms with E-state index in [-0.39, 0.29) is 18.1 Å². The van der Waals surface area contributed by atoms with Crippen LogP contribution in [0.1, 0.15) is 92.9 Å². The van der Waals surface area contributed by atoms with Crippen LogP contribution in [0.15, 0.2) is 0 Å². The Bertz CT molecular complexity index is 628. The normalized spacial score (nSPS) is 18.8. The lowest BCUT2D eigenvalue weighted by Crippen LogP contribution is -2.42. The van der Waals surface area contributed by atoms with Crippen molar-refractivity contribution in [3.8, 4) is 0 Å². The van der Waals surface area contributed by atoms with E-state index in [2.05, 4.69) is 0 Å². The molecule has 2 heterocycles. The first-order valence-electron chi connectivity index (χ1n) is 12.9. The smallest absolute Gasteiger partial charge is 0.410 e. The SMILES string of the molecule is CC(C)(C)OC(=O)N1CCC(CCC(CCC2CCN(C(=O)OC(C)(C)C)CC2)C(=O)O)CC1. The summed E-state index contributed by atoms with van der Waals surface area (Å²) in [5, 5.41) is 9.74. The highest BCUT2D eigenvalue weighted by Crippen LogP contribution is 2.29. The summed E-state index contributed by atoms with van der Waals surface area (Å²) in [6, 6.07) is 0. The first kappa shape index (κ1) is 28.2. The Morgan fingerprint density at radius 2 is 1.06 bits per heavy atom. The Hall–Kier alpha value is -1.99. The molecule has 0 saturated carbocycles. The van der Waals surface area contributed by atoms with E-state index >= 15 is 0 Å². The zero-order chi connectivity index (χ0) is 25.5. The van der Waals surface area contributed by atoms with Gasteiger partial charge in [-0.05, 0) is 105 Å². The summed E-state index contributed by atoms with van der Waals surface area (Å²) >= 11 is 0. The fourth-order valence-corrected chi connectivity index (χ4v) is 4.73. The van der Waals surface area contributed by atoms with Gasteiger partial charge in [0.15, 0.2) is 0 Å². The molecule has 1 N–H and O–H groups in total. The Morgan fingerprint density at radius 3 is 1.32 bits per heavy atom. The molecule has 34 heavy (non-hydrogen) atoms. The molecule has 0 aliphatic carbocycles. The molecule has 0 bridgehead atoms. The van der Waals surface area contributed by atoms with Crippen molar-refractivity contribution in [2.45, 2.75) is 104 Å². The highest BCUT2D eigenvalue weighted by molar-refractivity contribution is 5.70. The van der Waals surface area contributed by atoms with E-state index in [1.54, 1.807) is 9.80 Å². The standard InChI is InChI=1S/C26H46N2O6/c1-25(2,3)33-23(31)27-15-11-19(12-16-27)7-9-21(22(29)30)10-8-20-13-17-28(18-14-20)24(32)34-26(4,5)6/h19-21H,7-18H2,1-6H3,(H,29,30). The van der Waals surface area contributed by atoms with Gasteiger partial charge in [0.2, 0.25) is 0 Å². The van der Waals surface area contributed by atoms with Crippen LogP contribution in [0.5, 0.6) is 0 Å². The van der Waals surface area contributed by atoms with Crippen LogP contribution in [0.25, 0.3) is 0 Å². The maximum Gasteiger partial charge on any atom is 0.410 e. The number of piperidine rings is 2. The summed E-state index contributed by atoms with van der Waals surface area (Å²) in [6.45, 7) is 13.9. The van der Waals surface area contributed by atoms with Crippen molar-refractivity contribution in [3.05, 3.63) is 0 Å². The van der Waals surface area contributed by atoms with E-state index in [9.17, 15) is 19.5 Å². The molecule has 2 fully saturated rings. The second-order valence-corrected chi connectivity index (χ2v) is 12.0. The number of carbonyl (C=O) groups excluding carboxylic acids is 2. The Kier molecular flexibility index (Phi) is 10.1. The quantitative estimate of drug-likeness (QED) is 0.512. The number of carboxylic acid groups (broad SMARTS) is 1. The summed E-state index contributed by atoms with van der Waals surface area (Å²) in [4.78, 5) is 39.8. The fourth-order valence-electron chi connectivity index (χ4n) is 4.73. The maximum atomic E-state index is 12.2. The summed E-state index contributed by atoms with van der Waals surface area (Å²) in [7, 11) is 0. The second kappa shape index (κ2) is 12.1. The van der Waals surface area contributed by atoms with Crippen LogP contribution >= 0.6 is 0 Å². The van der Waals surface area contributed by atoms with Crippen molar-refractivity contribution in [3.63, 3.8) is 0 Å². The predicted molar refractivity (Wildman–Crippen MR) is 131 cm³/mol. The van der Waals surface area contributed by atoms with Crippen LogP contribution < -0.4 is 0 Å². The molecule has 2 saturated heterocycles. The zero-order valence-electron chi connectivity index (χ0n) is 22.1. The molecule has 2 aliphatic heterocycles. The number of rotatable bonds is 7. The molecule has 8 nitrogen and oxygen atoms in total. The topological polar surface area (TPSA) is 96.4 Å². The Balaban J connectivity index is 1.69. The number of amides is 2. The van der Waals surface area contributed by atoms with Crippen LogP contribution in [-0.4, -0.2) is 70.4 Å². The van der Waals surface area contributed by atoms with Crippen LogP contribution in [-0.2, 0) is 14.3 Å². The summed E-state index contributed by atoms with van der Waals surface area (Å²) in [5.41, 5.74) is -0.982. The summed E-state index contributed by atoms with van der Waals surface area (Å²) in [5.74, 6) is -0.125. The molecule has 8 heteroatoms. The maximum absolute atomic E-state index is 12.2. The number of carbonyl (C=O) groups is 3. The van der Waals surface area contributed by atoms with Crippen molar-refractivity contribution >= 4 is 18.2 Å². The van der Waals surface area contributed by atoms with Gasteiger partial charge < -0.3 is 24.4 Å². The Labute approximate surface area is 205 Å². The molecule has 0 aromatic carbocycles. The molecule has 0 atom stereocenters. The Morgan fingerprint density at radius 1 is 0.735 bits per heavy atom. The minimum absolute atomic E-state index is 0.257. The van der Waals surface area contributed by atoms with E-state index in [0.29, 0.717) is 50.9 Å². The molecule has 2 amide bonds. The average Bonchev–Trinajstić information content (AvgIpc) is 2.71. The molecule has 0 aromatic rings. The van der Waals surface area contributed by atoms with Gasteiger partial charge in [-0.25, -0.2) is 9.59 Å². The lowest BCUT2D eigenvalue weighted by molar-refractivity contribution is -0.142. The molecular formula is C26H46N2O6. The molecule has 196 valence electrons. The average molecular weight is 483 g/mol. The lowest BCUT2D eigenvalue weighted by atomic mass is 9.84. The number of ether oxygens (including phenoxy) is 2. The minimum Gasteiger partial charge on any atom is -0.481 e. The van der Waals surface area contributed by atoms with Crippen LogP contribution in [0, 0.1) is 17.8 Å². The van der Waals surface area contributed by atoms with E-state index in [0.717, 1.165) is 38.5 Å². The van der Waals surface area contributed by atoms with E-state index in [1.165, 1.54) is 0 Å². The highest BCUT2D eigenvalue weighted by atomic mass is 16.6. The third kappa shape index (κ3) is 10.1. The predicted octanol–water partition coefficient (Wildman–Crippen LogP) is 5.54. The van der Waals surface area contributed by atoms with Crippen molar-refractivity contribution in [2.24, 2.45) is 17.8 Å². The molecular weight excluding hydrogens is 436 g/mol. The van der Waals surface area contributed by atoms with Gasteiger partial charge in [-0.15, -0.1) is 0 Å². The summed E-state index contributed by atoms with van der Waals surface area (Å²) in [6.07, 6.45) is 6.21. The first-order chi connectivity index (χ1) is 15.7. The van der Waals surface area contributed by atoms with Crippen molar-refractivity contribution in [1.82, 2.24) is 9.80 Å². The van der Waals surface area contributed by atoms with Gasteiger partial charge in [-0.2, -0.15) is 0 Å². The van der Waals surface area contributed by atoms with Crippen molar-refractivity contribution in [2.75, 3.05) is 26.2 Å². The molecule has 0 spiro atoms. The monoisotopic (exact) mass is 482 g/mol. The third-order valence-electron chi connectivity index (χ3n) is 6.73. The zero-order valence-corrected chi connectivity index (χ0v) is 22.1. The number of carboxylic acids is 1. The molecule has 0 unspecified atom stereocenters. The first-order valence-corrected chi connectivity index (χ1v) is 12.9. The summed E-state index contributed by atoms with van der Waals surface area (Å²) < 4.78 is 10.9. The van der Waals surface area contributed by atoms with Gasteiger partial charge in [-0.1, -0.05) is 0 Å². The number of likely N-dealkylation sites (tertiary alicyclic amines) is 2. The van der Waals surface area contributed by atoms with Gasteiger partial charge in [0, 0.05) is 26.2 Å². The molecule has 2 aliphatic rings. The van der Waals surface area contributed by atoms with Crippen molar-refractivity contribution in [1.29, 1.82) is 0 Å². The number of hydrogen-bond acceptors (Lipinski definition) is 5. The molecule has 2 rings (SSSR count). The molecule has 0 radical (unpaired) electrons. The highest BCUT2D eigenvalue weighted by Gasteiger charge is 2.30. The van der Waals surface area contributed by atoms with Gasteiger partial charge in [-0.3, -0.25) is 4.79 Å². The van der Waals surface area contributed by atoms with E-state index in [4.69, 9.17) is 9.47 Å². The lowest BCUT2D eigenvalue weighted by Gasteiger charge is -2.34. The molecule has 0 aromatic heterocycles. The minimum atomic E-state index is -0.711. The van der Waals surface area contributed by atoms with Crippen LogP contribution in [0.2, 0.25) is 0 Å².